The van der Waals surface area contributed by atoms with E-state index in [0.29, 0.717) is 22.9 Å². The minimum Gasteiger partial charge on any atom is -0.332 e. The van der Waals surface area contributed by atoms with E-state index in [0.717, 1.165) is 32.4 Å². The number of benzene rings is 2. The average molecular weight is 474 g/mol. The van der Waals surface area contributed by atoms with Crippen LogP contribution in [0, 0.1) is 0 Å². The topological polar surface area (TPSA) is 56.0 Å². The van der Waals surface area contributed by atoms with Crippen LogP contribution in [-0.2, 0) is 6.18 Å². The summed E-state index contributed by atoms with van der Waals surface area (Å²) in [5, 5.41) is 13.2. The highest BCUT2D eigenvalue weighted by atomic mass is 32.1. The van der Waals surface area contributed by atoms with Crippen molar-refractivity contribution in [2.75, 3.05) is 23.7 Å². The summed E-state index contributed by atoms with van der Waals surface area (Å²) in [5.41, 5.74) is 0.838. The molecule has 1 aromatic heterocycles. The predicted octanol–water partition coefficient (Wildman–Crippen LogP) is 6.12. The molecule has 5 nitrogen and oxygen atoms in total. The zero-order valence-electron chi connectivity index (χ0n) is 18.1. The van der Waals surface area contributed by atoms with Crippen molar-refractivity contribution in [1.29, 1.82) is 0 Å². The van der Waals surface area contributed by atoms with E-state index in [2.05, 4.69) is 25.7 Å². The number of fused-ring (bicyclic) bond motifs is 2. The molecule has 2 unspecified atom stereocenters. The van der Waals surface area contributed by atoms with Gasteiger partial charge in [0.1, 0.15) is 0 Å². The number of para-hydroxylation sites is 1. The van der Waals surface area contributed by atoms with Crippen LogP contribution in [-0.4, -0.2) is 39.3 Å². The third kappa shape index (κ3) is 4.56. The molecule has 2 aromatic carbocycles. The highest BCUT2D eigenvalue weighted by Crippen LogP contribution is 2.44. The van der Waals surface area contributed by atoms with Crippen LogP contribution < -0.4 is 10.6 Å². The van der Waals surface area contributed by atoms with Crippen LogP contribution in [0.5, 0.6) is 0 Å². The molecule has 0 saturated carbocycles. The zero-order valence-corrected chi connectivity index (χ0v) is 18.9. The van der Waals surface area contributed by atoms with Crippen LogP contribution in [0.2, 0.25) is 0 Å². The summed E-state index contributed by atoms with van der Waals surface area (Å²) in [5.74, 6) is 0.0279. The molecule has 3 N–H and O–H groups in total. The Bertz CT molecular complexity index is 1140. The van der Waals surface area contributed by atoms with E-state index in [9.17, 15) is 13.2 Å². The maximum Gasteiger partial charge on any atom is 0.419 e. The number of nitrogens with zero attached hydrogens (tertiary/aromatic N) is 2. The van der Waals surface area contributed by atoms with Crippen LogP contribution in [0.1, 0.15) is 49.3 Å². The molecule has 174 valence electrons. The van der Waals surface area contributed by atoms with E-state index < -0.39 is 11.7 Å². The van der Waals surface area contributed by atoms with E-state index in [-0.39, 0.29) is 22.1 Å². The van der Waals surface area contributed by atoms with E-state index in [1.165, 1.54) is 18.9 Å². The van der Waals surface area contributed by atoms with Gasteiger partial charge in [-0.05, 0) is 75.3 Å². The highest BCUT2D eigenvalue weighted by Gasteiger charge is 2.40. The number of rotatable bonds is 3. The van der Waals surface area contributed by atoms with Gasteiger partial charge in [0, 0.05) is 28.7 Å². The second kappa shape index (κ2) is 8.95. The number of piperidine rings is 2. The molecule has 3 aromatic rings. The van der Waals surface area contributed by atoms with E-state index in [1.54, 1.807) is 18.2 Å². The lowest BCUT2D eigenvalue weighted by atomic mass is 9.83. The minimum atomic E-state index is -4.56. The minimum absolute atomic E-state index is 0.0279. The largest absolute Gasteiger partial charge is 0.419 e. The lowest BCUT2D eigenvalue weighted by molar-refractivity contribution is -0.135. The molecule has 2 aliphatic heterocycles. The summed E-state index contributed by atoms with van der Waals surface area (Å²) in [7, 11) is 0. The number of aromatic amines is 1. The Labute approximate surface area is 195 Å². The number of hydrogen-bond acceptors (Lipinski definition) is 3. The first-order chi connectivity index (χ1) is 15.9. The Balaban J connectivity index is 1.48. The third-order valence-electron chi connectivity index (χ3n) is 6.79. The Morgan fingerprint density at radius 2 is 1.85 bits per heavy atom. The van der Waals surface area contributed by atoms with Crippen molar-refractivity contribution >= 4 is 39.6 Å². The number of alkyl halides is 3. The van der Waals surface area contributed by atoms with Gasteiger partial charge < -0.3 is 15.5 Å². The normalized spacial score (nSPS) is 21.5. The second-order valence-electron chi connectivity index (χ2n) is 8.87. The van der Waals surface area contributed by atoms with Crippen molar-refractivity contribution in [3.8, 4) is 0 Å². The molecule has 2 fully saturated rings. The molecule has 5 rings (SSSR count). The van der Waals surface area contributed by atoms with Gasteiger partial charge >= 0.3 is 6.18 Å². The number of nitrogens with one attached hydrogen (secondary N) is 3. The number of hydrogen-bond donors (Lipinski definition) is 3. The molecule has 9 heteroatoms. The molecule has 2 atom stereocenters. The molecule has 2 saturated heterocycles. The van der Waals surface area contributed by atoms with Gasteiger partial charge in [-0.25, -0.2) is 0 Å². The average Bonchev–Trinajstić information content (AvgIpc) is 3.22. The van der Waals surface area contributed by atoms with Gasteiger partial charge in [-0.3, -0.25) is 5.10 Å². The van der Waals surface area contributed by atoms with Crippen LogP contribution in [0.3, 0.4) is 0 Å². The van der Waals surface area contributed by atoms with Crippen LogP contribution in [0.25, 0.3) is 10.9 Å². The number of aromatic nitrogens is 2. The van der Waals surface area contributed by atoms with Gasteiger partial charge in [-0.15, -0.1) is 0 Å². The lowest BCUT2D eigenvalue weighted by Gasteiger charge is -2.42. The van der Waals surface area contributed by atoms with E-state index in [1.807, 2.05) is 18.2 Å². The van der Waals surface area contributed by atoms with Gasteiger partial charge in [0.15, 0.2) is 5.11 Å². The van der Waals surface area contributed by atoms with Crippen LogP contribution in [0.4, 0.5) is 24.5 Å². The molecular weight excluding hydrogens is 447 g/mol. The first-order valence-electron chi connectivity index (χ1n) is 11.4. The Kier molecular flexibility index (Phi) is 6.01. The summed E-state index contributed by atoms with van der Waals surface area (Å²) in [6, 6.07) is 12.6. The second-order valence-corrected chi connectivity index (χ2v) is 9.28. The first-order valence-corrected chi connectivity index (χ1v) is 11.8. The summed E-state index contributed by atoms with van der Waals surface area (Å²) < 4.78 is 43.2. The van der Waals surface area contributed by atoms with Crippen molar-refractivity contribution in [2.45, 2.75) is 50.2 Å². The van der Waals surface area contributed by atoms with Crippen LogP contribution in [0.15, 0.2) is 42.5 Å². The third-order valence-corrected chi connectivity index (χ3v) is 7.00. The number of H-pyrrole nitrogens is 1. The fourth-order valence-corrected chi connectivity index (χ4v) is 5.51. The summed E-state index contributed by atoms with van der Waals surface area (Å²) in [6.45, 7) is 2.01. The molecule has 3 heterocycles. The van der Waals surface area contributed by atoms with Gasteiger partial charge in [-0.1, -0.05) is 24.6 Å². The van der Waals surface area contributed by atoms with Gasteiger partial charge in [0.05, 0.1) is 16.8 Å². The highest BCUT2D eigenvalue weighted by molar-refractivity contribution is 7.80. The number of halogens is 3. The summed E-state index contributed by atoms with van der Waals surface area (Å²) >= 11 is 5.31. The molecule has 2 aliphatic rings. The van der Waals surface area contributed by atoms with E-state index in [4.69, 9.17) is 12.2 Å². The van der Waals surface area contributed by atoms with Crippen molar-refractivity contribution in [1.82, 2.24) is 15.1 Å². The van der Waals surface area contributed by atoms with Gasteiger partial charge in [-0.2, -0.15) is 18.3 Å². The molecular formula is C24H26F3N5S. The molecule has 0 radical (unpaired) electrons. The molecule has 0 bridgehead atoms. The molecule has 33 heavy (non-hydrogen) atoms. The quantitative estimate of drug-likeness (QED) is 0.400. The van der Waals surface area contributed by atoms with Crippen molar-refractivity contribution in [3.05, 3.63) is 53.7 Å². The summed E-state index contributed by atoms with van der Waals surface area (Å²) in [4.78, 5) is 2.49. The van der Waals surface area contributed by atoms with Crippen molar-refractivity contribution in [3.63, 3.8) is 0 Å². The first kappa shape index (κ1) is 22.2. The summed E-state index contributed by atoms with van der Waals surface area (Å²) in [6.07, 6.45) is 0.635. The monoisotopic (exact) mass is 473 g/mol. The van der Waals surface area contributed by atoms with E-state index >= 15 is 0 Å². The maximum absolute atomic E-state index is 14.4. The molecule has 0 aliphatic carbocycles. The Morgan fingerprint density at radius 3 is 2.64 bits per heavy atom. The van der Waals surface area contributed by atoms with Gasteiger partial charge in [0.25, 0.3) is 0 Å². The molecule has 0 amide bonds. The van der Waals surface area contributed by atoms with Crippen molar-refractivity contribution < 1.29 is 13.2 Å². The zero-order chi connectivity index (χ0) is 23.0. The molecule has 0 spiro atoms. The fraction of sp³-hybridized carbons (Fsp3) is 0.417. The standard InChI is InChI=1S/C24H26F3N5S/c25-24(26,27)21-19(29-23(33)28-16-6-2-1-3-7-16)10-9-18-20(21)22(31-30-18)15-11-13-32-12-5-4-8-17(32)14-15/h1-3,6-7,9-10,15,17H,4-5,8,11-14H2,(H,30,31)(H2,28,29,33). The smallest absolute Gasteiger partial charge is 0.332 e. The van der Waals surface area contributed by atoms with Crippen molar-refractivity contribution in [2.24, 2.45) is 0 Å². The SMILES string of the molecule is FC(F)(F)c1c(NC(=S)Nc2ccccc2)ccc2n[nH]c(C3CCN4CCCCC4C3)c12. The fourth-order valence-electron chi connectivity index (χ4n) is 5.29. The number of thiocarbonyl (C=S) groups is 1. The number of anilines is 2. The lowest BCUT2D eigenvalue weighted by Crippen LogP contribution is -2.44. The Morgan fingerprint density at radius 1 is 1.03 bits per heavy atom. The maximum atomic E-state index is 14.4. The van der Waals surface area contributed by atoms with Crippen LogP contribution >= 0.6 is 12.2 Å². The predicted molar refractivity (Wildman–Crippen MR) is 129 cm³/mol. The Hall–Kier alpha value is -2.65. The van der Waals surface area contributed by atoms with Gasteiger partial charge in [0.2, 0.25) is 0 Å².